The molecule has 1 aromatic heterocycles. The van der Waals surface area contributed by atoms with Crippen molar-refractivity contribution in [3.8, 4) is 11.4 Å². The number of aromatic carboxylic acids is 1. The van der Waals surface area contributed by atoms with Crippen LogP contribution in [0.25, 0.3) is 17.3 Å². The summed E-state index contributed by atoms with van der Waals surface area (Å²) in [5.41, 5.74) is 2.21. The minimum absolute atomic E-state index is 0.00446. The van der Waals surface area contributed by atoms with Gasteiger partial charge in [-0.3, -0.25) is 0 Å². The summed E-state index contributed by atoms with van der Waals surface area (Å²) in [6, 6.07) is 12.0. The summed E-state index contributed by atoms with van der Waals surface area (Å²) in [4.78, 5) is 12.1. The van der Waals surface area contributed by atoms with Crippen LogP contribution in [0.1, 0.15) is 27.3 Å². The van der Waals surface area contributed by atoms with Crippen molar-refractivity contribution < 1.29 is 23.1 Å². The molecule has 0 fully saturated rings. The predicted molar refractivity (Wildman–Crippen MR) is 134 cm³/mol. The molecule has 0 radical (unpaired) electrons. The standard InChI is InChI=1S/C23H22Cl2N4O5S/c1-27(2)35(32,33)28-12-15(10-14-4-7-17(34-3)8-5-14)22-18(13-28)21(23(30)31)26-29(22)20-9-6-16(24)11-19(20)25/h4-11H,12-13H2,1-3H3,(H,30,31)/b15-10+. The summed E-state index contributed by atoms with van der Waals surface area (Å²) in [6.45, 7) is -0.169. The van der Waals surface area contributed by atoms with Crippen LogP contribution in [-0.4, -0.2) is 65.6 Å². The van der Waals surface area contributed by atoms with E-state index in [-0.39, 0.29) is 29.4 Å². The summed E-state index contributed by atoms with van der Waals surface area (Å²) in [5.74, 6) is -0.613. The lowest BCUT2D eigenvalue weighted by Crippen LogP contribution is -2.42. The van der Waals surface area contributed by atoms with Crippen molar-refractivity contribution >= 4 is 51.0 Å². The molecule has 35 heavy (non-hydrogen) atoms. The van der Waals surface area contributed by atoms with E-state index in [1.807, 2.05) is 12.1 Å². The topological polar surface area (TPSA) is 105 Å². The van der Waals surface area contributed by atoms with Gasteiger partial charge in [-0.15, -0.1) is 0 Å². The fraction of sp³-hybridized carbons (Fsp3) is 0.217. The number of hydrogen-bond acceptors (Lipinski definition) is 5. The highest BCUT2D eigenvalue weighted by atomic mass is 35.5. The Morgan fingerprint density at radius 3 is 2.40 bits per heavy atom. The van der Waals surface area contributed by atoms with Crippen molar-refractivity contribution in [2.75, 3.05) is 27.7 Å². The van der Waals surface area contributed by atoms with Crippen molar-refractivity contribution in [3.63, 3.8) is 0 Å². The molecule has 0 atom stereocenters. The van der Waals surface area contributed by atoms with Crippen molar-refractivity contribution in [1.29, 1.82) is 0 Å². The van der Waals surface area contributed by atoms with E-state index in [2.05, 4.69) is 5.10 Å². The number of carboxylic acid groups (broad SMARTS) is 1. The van der Waals surface area contributed by atoms with E-state index in [0.29, 0.717) is 27.7 Å². The molecule has 12 heteroatoms. The van der Waals surface area contributed by atoms with Crippen LogP contribution in [0.5, 0.6) is 5.75 Å². The van der Waals surface area contributed by atoms with Gasteiger partial charge in [0.05, 0.1) is 23.5 Å². The summed E-state index contributed by atoms with van der Waals surface area (Å²) in [5, 5.41) is 14.9. The van der Waals surface area contributed by atoms with Crippen LogP contribution in [0.3, 0.4) is 0 Å². The molecule has 0 unspecified atom stereocenters. The van der Waals surface area contributed by atoms with Gasteiger partial charge in [-0.05, 0) is 47.5 Å². The van der Waals surface area contributed by atoms with Gasteiger partial charge in [0.25, 0.3) is 10.2 Å². The molecule has 0 spiro atoms. The number of nitrogens with zero attached hydrogens (tertiary/aromatic N) is 4. The zero-order chi connectivity index (χ0) is 25.5. The first-order valence-electron chi connectivity index (χ1n) is 10.4. The van der Waals surface area contributed by atoms with Crippen LogP contribution < -0.4 is 4.74 Å². The average molecular weight is 537 g/mol. The van der Waals surface area contributed by atoms with Crippen LogP contribution in [0.4, 0.5) is 0 Å². The molecule has 0 bridgehead atoms. The lowest BCUT2D eigenvalue weighted by molar-refractivity contribution is 0.0688. The van der Waals surface area contributed by atoms with Crippen molar-refractivity contribution in [3.05, 3.63) is 75.0 Å². The molecule has 1 aliphatic rings. The van der Waals surface area contributed by atoms with E-state index in [0.717, 1.165) is 9.87 Å². The number of hydrogen-bond donors (Lipinski definition) is 1. The summed E-state index contributed by atoms with van der Waals surface area (Å²) in [6.07, 6.45) is 1.79. The quantitative estimate of drug-likeness (QED) is 0.509. The van der Waals surface area contributed by atoms with E-state index < -0.39 is 16.2 Å². The van der Waals surface area contributed by atoms with Crippen molar-refractivity contribution in [1.82, 2.24) is 18.4 Å². The van der Waals surface area contributed by atoms with Gasteiger partial charge in [0, 0.05) is 37.8 Å². The Morgan fingerprint density at radius 1 is 1.14 bits per heavy atom. The van der Waals surface area contributed by atoms with Gasteiger partial charge in [-0.25, -0.2) is 9.48 Å². The second-order valence-corrected chi connectivity index (χ2v) is 11.0. The lowest BCUT2D eigenvalue weighted by atomic mass is 9.99. The number of rotatable bonds is 6. The van der Waals surface area contributed by atoms with Crippen LogP contribution in [-0.2, 0) is 16.8 Å². The molecule has 9 nitrogen and oxygen atoms in total. The summed E-state index contributed by atoms with van der Waals surface area (Å²) >= 11 is 12.5. The van der Waals surface area contributed by atoms with Gasteiger partial charge in [0.1, 0.15) is 5.75 Å². The number of benzene rings is 2. The number of carbonyl (C=O) groups is 1. The SMILES string of the molecule is COc1ccc(/C=C2\CN(S(=O)(=O)N(C)C)Cc3c(C(=O)O)nn(-c4ccc(Cl)cc4Cl)c32)cc1. The molecule has 3 aromatic rings. The number of carboxylic acids is 1. The Morgan fingerprint density at radius 2 is 1.83 bits per heavy atom. The largest absolute Gasteiger partial charge is 0.497 e. The highest BCUT2D eigenvalue weighted by Crippen LogP contribution is 2.37. The summed E-state index contributed by atoms with van der Waals surface area (Å²) in [7, 11) is 0.551. The maximum absolute atomic E-state index is 13.0. The molecular formula is C23H22Cl2N4O5S. The van der Waals surface area contributed by atoms with Crippen LogP contribution in [0.2, 0.25) is 10.0 Å². The van der Waals surface area contributed by atoms with Crippen LogP contribution in [0, 0.1) is 0 Å². The van der Waals surface area contributed by atoms with E-state index in [4.69, 9.17) is 27.9 Å². The monoisotopic (exact) mass is 536 g/mol. The highest BCUT2D eigenvalue weighted by Gasteiger charge is 2.37. The lowest BCUT2D eigenvalue weighted by Gasteiger charge is -2.31. The third-order valence-electron chi connectivity index (χ3n) is 5.55. The number of fused-ring (bicyclic) bond motifs is 1. The fourth-order valence-corrected chi connectivity index (χ4v) is 5.38. The maximum atomic E-state index is 13.0. The van der Waals surface area contributed by atoms with Gasteiger partial charge in [-0.2, -0.15) is 22.1 Å². The van der Waals surface area contributed by atoms with Gasteiger partial charge in [-0.1, -0.05) is 35.3 Å². The molecule has 0 saturated heterocycles. The Hall–Kier alpha value is -2.89. The predicted octanol–water partition coefficient (Wildman–Crippen LogP) is 4.05. The van der Waals surface area contributed by atoms with Crippen molar-refractivity contribution in [2.45, 2.75) is 6.54 Å². The zero-order valence-electron chi connectivity index (χ0n) is 19.1. The second-order valence-electron chi connectivity index (χ2n) is 7.99. The average Bonchev–Trinajstić information content (AvgIpc) is 3.19. The molecule has 4 rings (SSSR count). The molecule has 0 saturated carbocycles. The minimum Gasteiger partial charge on any atom is -0.497 e. The van der Waals surface area contributed by atoms with Crippen LogP contribution in [0.15, 0.2) is 42.5 Å². The first kappa shape index (κ1) is 25.2. The Bertz CT molecular complexity index is 1430. The first-order chi connectivity index (χ1) is 16.5. The number of ether oxygens (including phenoxy) is 1. The number of aromatic nitrogens is 2. The number of methoxy groups -OCH3 is 1. The van der Waals surface area contributed by atoms with E-state index >= 15 is 0 Å². The molecule has 2 heterocycles. The molecular weight excluding hydrogens is 515 g/mol. The summed E-state index contributed by atoms with van der Waals surface area (Å²) < 4.78 is 35.0. The minimum atomic E-state index is -3.86. The van der Waals surface area contributed by atoms with E-state index in [1.54, 1.807) is 37.5 Å². The Balaban J connectivity index is 1.99. The van der Waals surface area contributed by atoms with Gasteiger partial charge in [0.15, 0.2) is 5.69 Å². The van der Waals surface area contributed by atoms with Gasteiger partial charge < -0.3 is 9.84 Å². The third kappa shape index (κ3) is 4.80. The highest BCUT2D eigenvalue weighted by molar-refractivity contribution is 7.86. The van der Waals surface area contributed by atoms with Gasteiger partial charge >= 0.3 is 5.97 Å². The maximum Gasteiger partial charge on any atom is 0.356 e. The van der Waals surface area contributed by atoms with Gasteiger partial charge in [0.2, 0.25) is 0 Å². The third-order valence-corrected chi connectivity index (χ3v) is 7.93. The molecule has 0 amide bonds. The molecule has 1 aliphatic heterocycles. The first-order valence-corrected chi connectivity index (χ1v) is 12.5. The molecule has 2 aromatic carbocycles. The van der Waals surface area contributed by atoms with E-state index in [9.17, 15) is 18.3 Å². The zero-order valence-corrected chi connectivity index (χ0v) is 21.4. The molecule has 184 valence electrons. The number of halogens is 2. The fourth-order valence-electron chi connectivity index (χ4n) is 3.84. The normalized spacial score (nSPS) is 15.4. The van der Waals surface area contributed by atoms with Crippen molar-refractivity contribution in [2.24, 2.45) is 0 Å². The van der Waals surface area contributed by atoms with E-state index in [1.165, 1.54) is 29.1 Å². The van der Waals surface area contributed by atoms with Crippen LogP contribution >= 0.6 is 23.2 Å². The Labute approximate surface area is 212 Å². The molecule has 0 aliphatic carbocycles. The smallest absolute Gasteiger partial charge is 0.356 e. The Kier molecular flexibility index (Phi) is 6.94. The molecule has 1 N–H and O–H groups in total. The second kappa shape index (κ2) is 9.63.